The number of carboxylic acids is 1. The Morgan fingerprint density at radius 1 is 1.50 bits per heavy atom. The number of hydrogen-bond acceptors (Lipinski definition) is 1. The number of fused-ring (bicyclic) bond motifs is 1. The summed E-state index contributed by atoms with van der Waals surface area (Å²) in [4.78, 5) is 13.5. The molecule has 0 saturated carbocycles. The number of benzene rings is 1. The minimum absolute atomic E-state index is 0.0598. The number of aliphatic carboxylic acids is 1. The number of para-hydroxylation sites is 1. The van der Waals surface area contributed by atoms with Crippen LogP contribution in [0.25, 0.3) is 10.9 Å². The highest BCUT2D eigenvalue weighted by Gasteiger charge is 2.11. The number of rotatable bonds is 3. The first kappa shape index (κ1) is 10.7. The fourth-order valence-electron chi connectivity index (χ4n) is 1.92. The lowest BCUT2D eigenvalue weighted by Crippen LogP contribution is -1.97. The highest BCUT2D eigenvalue weighted by atomic mass is 19.1. The SMILES string of the molecule is Cc1[nH]c2c(F)cccc2c1CCC(=O)O. The Kier molecular flexibility index (Phi) is 2.64. The molecule has 0 aliphatic heterocycles. The lowest BCUT2D eigenvalue weighted by molar-refractivity contribution is -0.136. The topological polar surface area (TPSA) is 53.1 Å². The van der Waals surface area contributed by atoms with E-state index in [1.165, 1.54) is 6.07 Å². The number of aryl methyl sites for hydroxylation is 2. The summed E-state index contributed by atoms with van der Waals surface area (Å²) in [6.45, 7) is 1.83. The van der Waals surface area contributed by atoms with Crippen molar-refractivity contribution in [1.82, 2.24) is 4.98 Å². The average Bonchev–Trinajstić information content (AvgIpc) is 2.53. The van der Waals surface area contributed by atoms with Gasteiger partial charge in [0.05, 0.1) is 5.52 Å². The molecule has 0 amide bonds. The number of nitrogens with one attached hydrogen (secondary N) is 1. The maximum Gasteiger partial charge on any atom is 0.303 e. The first-order valence-corrected chi connectivity index (χ1v) is 5.07. The van der Waals surface area contributed by atoms with Crippen molar-refractivity contribution < 1.29 is 14.3 Å². The Hall–Kier alpha value is -1.84. The molecule has 0 unspecified atom stereocenters. The molecule has 1 aromatic carbocycles. The fraction of sp³-hybridized carbons (Fsp3) is 0.250. The molecule has 1 aromatic heterocycles. The normalized spacial score (nSPS) is 10.9. The monoisotopic (exact) mass is 221 g/mol. The summed E-state index contributed by atoms with van der Waals surface area (Å²) < 4.78 is 13.4. The smallest absolute Gasteiger partial charge is 0.303 e. The molecule has 0 bridgehead atoms. The third kappa shape index (κ3) is 1.78. The molecule has 1 heterocycles. The predicted octanol–water partition coefficient (Wildman–Crippen LogP) is 2.63. The molecule has 0 atom stereocenters. The van der Waals surface area contributed by atoms with Gasteiger partial charge in [-0.2, -0.15) is 0 Å². The van der Waals surface area contributed by atoms with E-state index in [0.717, 1.165) is 16.6 Å². The summed E-state index contributed by atoms with van der Waals surface area (Å²) in [5.74, 6) is -1.15. The Balaban J connectivity index is 2.48. The van der Waals surface area contributed by atoms with Gasteiger partial charge in [-0.3, -0.25) is 4.79 Å². The molecule has 84 valence electrons. The van der Waals surface area contributed by atoms with E-state index in [9.17, 15) is 9.18 Å². The van der Waals surface area contributed by atoms with Crippen molar-refractivity contribution in [3.63, 3.8) is 0 Å². The van der Waals surface area contributed by atoms with E-state index in [1.54, 1.807) is 12.1 Å². The number of carbonyl (C=O) groups is 1. The van der Waals surface area contributed by atoms with Crippen molar-refractivity contribution in [1.29, 1.82) is 0 Å². The van der Waals surface area contributed by atoms with Gasteiger partial charge < -0.3 is 10.1 Å². The van der Waals surface area contributed by atoms with Crippen LogP contribution in [0.15, 0.2) is 18.2 Å². The van der Waals surface area contributed by atoms with Gasteiger partial charge in [-0.15, -0.1) is 0 Å². The Morgan fingerprint density at radius 2 is 2.25 bits per heavy atom. The molecule has 0 fully saturated rings. The number of H-pyrrole nitrogens is 1. The van der Waals surface area contributed by atoms with Crippen molar-refractivity contribution in [2.45, 2.75) is 19.8 Å². The van der Waals surface area contributed by atoms with Crippen molar-refractivity contribution in [2.24, 2.45) is 0 Å². The predicted molar refractivity (Wildman–Crippen MR) is 59.0 cm³/mol. The van der Waals surface area contributed by atoms with Crippen LogP contribution in [0.4, 0.5) is 4.39 Å². The van der Waals surface area contributed by atoms with E-state index < -0.39 is 5.97 Å². The number of hydrogen-bond donors (Lipinski definition) is 2. The zero-order chi connectivity index (χ0) is 11.7. The molecular weight excluding hydrogens is 209 g/mol. The van der Waals surface area contributed by atoms with Gasteiger partial charge in [0.15, 0.2) is 0 Å². The van der Waals surface area contributed by atoms with Crippen molar-refractivity contribution in [3.8, 4) is 0 Å². The van der Waals surface area contributed by atoms with Crippen LogP contribution in [-0.4, -0.2) is 16.1 Å². The van der Waals surface area contributed by atoms with E-state index in [2.05, 4.69) is 4.98 Å². The lowest BCUT2D eigenvalue weighted by Gasteiger charge is -1.98. The molecule has 2 rings (SSSR count). The molecule has 4 heteroatoms. The largest absolute Gasteiger partial charge is 0.481 e. The van der Waals surface area contributed by atoms with Crippen molar-refractivity contribution in [2.75, 3.05) is 0 Å². The molecule has 0 saturated heterocycles. The van der Waals surface area contributed by atoms with Crippen LogP contribution in [-0.2, 0) is 11.2 Å². The zero-order valence-electron chi connectivity index (χ0n) is 8.88. The minimum atomic E-state index is -0.842. The van der Waals surface area contributed by atoms with Crippen LogP contribution < -0.4 is 0 Å². The van der Waals surface area contributed by atoms with E-state index in [-0.39, 0.29) is 12.2 Å². The second kappa shape index (κ2) is 3.96. The van der Waals surface area contributed by atoms with Crippen LogP contribution in [0.2, 0.25) is 0 Å². The van der Waals surface area contributed by atoms with Gasteiger partial charge in [0.1, 0.15) is 5.82 Å². The standard InChI is InChI=1S/C12H12FNO2/c1-7-8(5-6-11(15)16)9-3-2-4-10(13)12(9)14-7/h2-4,14H,5-6H2,1H3,(H,15,16). The first-order chi connectivity index (χ1) is 7.59. The highest BCUT2D eigenvalue weighted by molar-refractivity contribution is 5.85. The molecule has 0 radical (unpaired) electrons. The molecule has 2 N–H and O–H groups in total. The first-order valence-electron chi connectivity index (χ1n) is 5.07. The number of aromatic amines is 1. The molecule has 2 aromatic rings. The zero-order valence-corrected chi connectivity index (χ0v) is 8.88. The van der Waals surface area contributed by atoms with E-state index in [1.807, 2.05) is 6.92 Å². The Morgan fingerprint density at radius 3 is 2.94 bits per heavy atom. The van der Waals surface area contributed by atoms with Gasteiger partial charge >= 0.3 is 5.97 Å². The molecule has 3 nitrogen and oxygen atoms in total. The lowest BCUT2D eigenvalue weighted by atomic mass is 10.1. The average molecular weight is 221 g/mol. The summed E-state index contributed by atoms with van der Waals surface area (Å²) >= 11 is 0. The van der Waals surface area contributed by atoms with E-state index in [4.69, 9.17) is 5.11 Å². The van der Waals surface area contributed by atoms with Gasteiger partial charge in [0.2, 0.25) is 0 Å². The van der Waals surface area contributed by atoms with Gasteiger partial charge in [0.25, 0.3) is 0 Å². The highest BCUT2D eigenvalue weighted by Crippen LogP contribution is 2.25. The van der Waals surface area contributed by atoms with Crippen LogP contribution in [0.5, 0.6) is 0 Å². The summed E-state index contributed by atoms with van der Waals surface area (Å²) in [6.07, 6.45) is 0.481. The number of aromatic nitrogens is 1. The third-order valence-electron chi connectivity index (χ3n) is 2.69. The van der Waals surface area contributed by atoms with Gasteiger partial charge in [-0.25, -0.2) is 4.39 Å². The summed E-state index contributed by atoms with van der Waals surface area (Å²) in [6, 6.07) is 4.83. The van der Waals surface area contributed by atoms with Crippen LogP contribution in [0, 0.1) is 12.7 Å². The second-order valence-electron chi connectivity index (χ2n) is 3.78. The van der Waals surface area contributed by atoms with Crippen LogP contribution in [0.3, 0.4) is 0 Å². The summed E-state index contributed by atoms with van der Waals surface area (Å²) in [7, 11) is 0. The summed E-state index contributed by atoms with van der Waals surface area (Å²) in [5.41, 5.74) is 2.18. The summed E-state index contributed by atoms with van der Waals surface area (Å²) in [5, 5.41) is 9.42. The maximum atomic E-state index is 13.4. The Bertz CT molecular complexity index is 545. The van der Waals surface area contributed by atoms with Gasteiger partial charge in [-0.1, -0.05) is 12.1 Å². The number of carboxylic acid groups (broad SMARTS) is 1. The van der Waals surface area contributed by atoms with E-state index in [0.29, 0.717) is 11.9 Å². The Labute approximate surface area is 91.9 Å². The van der Waals surface area contributed by atoms with Crippen molar-refractivity contribution in [3.05, 3.63) is 35.3 Å². The second-order valence-corrected chi connectivity index (χ2v) is 3.78. The van der Waals surface area contributed by atoms with Gasteiger partial charge in [0, 0.05) is 17.5 Å². The quantitative estimate of drug-likeness (QED) is 0.837. The maximum absolute atomic E-state index is 13.4. The molecule has 0 aliphatic carbocycles. The van der Waals surface area contributed by atoms with E-state index >= 15 is 0 Å². The fourth-order valence-corrected chi connectivity index (χ4v) is 1.92. The molecule has 0 spiro atoms. The third-order valence-corrected chi connectivity index (χ3v) is 2.69. The minimum Gasteiger partial charge on any atom is -0.481 e. The molecule has 16 heavy (non-hydrogen) atoms. The molecular formula is C12H12FNO2. The van der Waals surface area contributed by atoms with Crippen LogP contribution in [0.1, 0.15) is 17.7 Å². The van der Waals surface area contributed by atoms with Crippen molar-refractivity contribution >= 4 is 16.9 Å². The van der Waals surface area contributed by atoms with Crippen LogP contribution >= 0.6 is 0 Å². The number of halogens is 1. The van der Waals surface area contributed by atoms with Gasteiger partial charge in [-0.05, 0) is 25.0 Å². The molecule has 0 aliphatic rings.